The number of sulfonamides is 1. The molecule has 0 aliphatic heterocycles. The lowest BCUT2D eigenvalue weighted by Crippen LogP contribution is -2.15. The van der Waals surface area contributed by atoms with Gasteiger partial charge in [-0.2, -0.15) is 4.98 Å². The highest BCUT2D eigenvalue weighted by atomic mass is 32.2. The maximum Gasteiger partial charge on any atom is 0.336 e. The minimum Gasteiger partial charge on any atom is -0.466 e. The molecule has 12 heteroatoms. The summed E-state index contributed by atoms with van der Waals surface area (Å²) >= 11 is 0. The molecular formula is C9H8FN5O5S. The number of methoxy groups -OCH3 is 1. The van der Waals surface area contributed by atoms with Crippen LogP contribution in [0.3, 0.4) is 0 Å². The van der Waals surface area contributed by atoms with Gasteiger partial charge in [-0.1, -0.05) is 0 Å². The van der Waals surface area contributed by atoms with Gasteiger partial charge in [0.05, 0.1) is 18.1 Å². The molecule has 2 N–H and O–H groups in total. The van der Waals surface area contributed by atoms with Gasteiger partial charge >= 0.3 is 6.01 Å². The summed E-state index contributed by atoms with van der Waals surface area (Å²) in [6, 6.07) is 1.96. The highest BCUT2D eigenvalue weighted by molar-refractivity contribution is 7.92. The van der Waals surface area contributed by atoms with Crippen LogP contribution in [0.1, 0.15) is 0 Å². The molecule has 1 aromatic heterocycles. The number of nitrogens with zero attached hydrogens (tertiary/aromatic N) is 3. The van der Waals surface area contributed by atoms with Crippen LogP contribution < -0.4 is 9.46 Å². The molecule has 0 aliphatic carbocycles. The van der Waals surface area contributed by atoms with E-state index in [9.17, 15) is 22.9 Å². The number of halogens is 1. The number of nitro benzene ring substituents is 1. The summed E-state index contributed by atoms with van der Waals surface area (Å²) in [6.45, 7) is 0. The molecule has 0 fully saturated rings. The van der Waals surface area contributed by atoms with E-state index in [0.717, 1.165) is 12.1 Å². The second-order valence-corrected chi connectivity index (χ2v) is 5.30. The van der Waals surface area contributed by atoms with E-state index >= 15 is 0 Å². The van der Waals surface area contributed by atoms with E-state index in [4.69, 9.17) is 0 Å². The van der Waals surface area contributed by atoms with Crippen molar-refractivity contribution < 1.29 is 22.5 Å². The zero-order valence-corrected chi connectivity index (χ0v) is 11.2. The third kappa shape index (κ3) is 3.05. The molecule has 0 saturated carbocycles. The Morgan fingerprint density at radius 3 is 2.76 bits per heavy atom. The van der Waals surface area contributed by atoms with Gasteiger partial charge in [0.15, 0.2) is 4.90 Å². The second-order valence-electron chi connectivity index (χ2n) is 3.65. The Labute approximate surface area is 117 Å². The molecule has 0 spiro atoms. The molecular weight excluding hydrogens is 309 g/mol. The Morgan fingerprint density at radius 2 is 2.19 bits per heavy atom. The van der Waals surface area contributed by atoms with Crippen LogP contribution in [-0.4, -0.2) is 35.6 Å². The Kier molecular flexibility index (Phi) is 3.71. The molecule has 2 rings (SSSR count). The SMILES string of the molecule is COc1n[nH]c(NS(=O)(=O)c2ccc(F)cc2[N+](=O)[O-])n1. The highest BCUT2D eigenvalue weighted by Gasteiger charge is 2.27. The number of H-pyrrole nitrogens is 1. The van der Waals surface area contributed by atoms with Crippen molar-refractivity contribution in [3.05, 3.63) is 34.1 Å². The smallest absolute Gasteiger partial charge is 0.336 e. The quantitative estimate of drug-likeness (QED) is 0.609. The zero-order valence-electron chi connectivity index (χ0n) is 10.4. The highest BCUT2D eigenvalue weighted by Crippen LogP contribution is 2.26. The molecule has 10 nitrogen and oxygen atoms in total. The van der Waals surface area contributed by atoms with Crippen molar-refractivity contribution in [2.45, 2.75) is 4.90 Å². The molecule has 0 saturated heterocycles. The number of ether oxygens (including phenoxy) is 1. The van der Waals surface area contributed by atoms with Gasteiger partial charge < -0.3 is 4.74 Å². The van der Waals surface area contributed by atoms with E-state index in [0.29, 0.717) is 6.07 Å². The van der Waals surface area contributed by atoms with Crippen LogP contribution >= 0.6 is 0 Å². The third-order valence-corrected chi connectivity index (χ3v) is 3.67. The Morgan fingerprint density at radius 1 is 1.48 bits per heavy atom. The number of rotatable bonds is 5. The first-order valence-corrected chi connectivity index (χ1v) is 6.75. The number of anilines is 1. The molecule has 0 atom stereocenters. The number of hydrogen-bond donors (Lipinski definition) is 2. The van der Waals surface area contributed by atoms with Crippen LogP contribution in [0.15, 0.2) is 23.1 Å². The largest absolute Gasteiger partial charge is 0.466 e. The van der Waals surface area contributed by atoms with Crippen molar-refractivity contribution in [3.63, 3.8) is 0 Å². The van der Waals surface area contributed by atoms with Gasteiger partial charge in [0.1, 0.15) is 5.82 Å². The summed E-state index contributed by atoms with van der Waals surface area (Å²) in [4.78, 5) is 12.7. The van der Waals surface area contributed by atoms with Crippen LogP contribution in [0.2, 0.25) is 0 Å². The number of benzene rings is 1. The first kappa shape index (κ1) is 14.6. The fraction of sp³-hybridized carbons (Fsp3) is 0.111. The summed E-state index contributed by atoms with van der Waals surface area (Å²) in [6.07, 6.45) is 0. The Bertz CT molecular complexity index is 790. The van der Waals surface area contributed by atoms with E-state index in [-0.39, 0.29) is 12.0 Å². The van der Waals surface area contributed by atoms with E-state index in [2.05, 4.69) is 19.9 Å². The summed E-state index contributed by atoms with van der Waals surface area (Å²) < 4.78 is 43.7. The lowest BCUT2D eigenvalue weighted by molar-refractivity contribution is -0.388. The van der Waals surface area contributed by atoms with E-state index in [1.807, 2.05) is 4.72 Å². The summed E-state index contributed by atoms with van der Waals surface area (Å²) in [5.41, 5.74) is -0.894. The predicted octanol–water partition coefficient (Wildman–Crippen LogP) is 0.661. The minimum absolute atomic E-state index is 0.124. The van der Waals surface area contributed by atoms with Crippen molar-refractivity contribution in [2.75, 3.05) is 11.8 Å². The van der Waals surface area contributed by atoms with Gasteiger partial charge in [0.25, 0.3) is 15.7 Å². The summed E-state index contributed by atoms with van der Waals surface area (Å²) in [5, 5.41) is 16.5. The molecule has 112 valence electrons. The fourth-order valence-corrected chi connectivity index (χ4v) is 2.54. The Hall–Kier alpha value is -2.76. The lowest BCUT2D eigenvalue weighted by atomic mass is 10.3. The Balaban J connectivity index is 2.42. The van der Waals surface area contributed by atoms with E-state index in [1.165, 1.54) is 7.11 Å². The van der Waals surface area contributed by atoms with Gasteiger partial charge in [-0.25, -0.2) is 22.6 Å². The monoisotopic (exact) mass is 317 g/mol. The molecule has 0 amide bonds. The average molecular weight is 317 g/mol. The summed E-state index contributed by atoms with van der Waals surface area (Å²) in [7, 11) is -3.08. The van der Waals surface area contributed by atoms with Crippen LogP contribution in [0.25, 0.3) is 0 Å². The minimum atomic E-state index is -4.35. The van der Waals surface area contributed by atoms with E-state index in [1.54, 1.807) is 0 Å². The van der Waals surface area contributed by atoms with Gasteiger partial charge in [0, 0.05) is 0 Å². The molecule has 0 radical (unpaired) electrons. The number of nitrogens with one attached hydrogen (secondary N) is 2. The second kappa shape index (κ2) is 5.32. The third-order valence-electron chi connectivity index (χ3n) is 2.29. The maximum absolute atomic E-state index is 13.0. The van der Waals surface area contributed by atoms with Gasteiger partial charge in [0.2, 0.25) is 5.95 Å². The molecule has 0 bridgehead atoms. The van der Waals surface area contributed by atoms with Crippen molar-refractivity contribution in [1.82, 2.24) is 15.2 Å². The normalized spacial score (nSPS) is 11.1. The molecule has 0 aliphatic rings. The molecule has 1 aromatic carbocycles. The number of aromatic amines is 1. The van der Waals surface area contributed by atoms with Gasteiger partial charge in [-0.15, -0.1) is 5.10 Å². The molecule has 1 heterocycles. The van der Waals surface area contributed by atoms with Crippen molar-refractivity contribution in [1.29, 1.82) is 0 Å². The first-order valence-electron chi connectivity index (χ1n) is 5.26. The molecule has 21 heavy (non-hydrogen) atoms. The first-order chi connectivity index (χ1) is 9.83. The maximum atomic E-state index is 13.0. The van der Waals surface area contributed by atoms with Crippen LogP contribution in [0, 0.1) is 15.9 Å². The van der Waals surface area contributed by atoms with E-state index < -0.39 is 31.3 Å². The topological polar surface area (TPSA) is 140 Å². The van der Waals surface area contributed by atoms with Gasteiger partial charge in [-0.3, -0.25) is 10.1 Å². The van der Waals surface area contributed by atoms with Crippen LogP contribution in [0.5, 0.6) is 6.01 Å². The fourth-order valence-electron chi connectivity index (χ4n) is 1.43. The number of nitro groups is 1. The van der Waals surface area contributed by atoms with Crippen molar-refractivity contribution in [2.24, 2.45) is 0 Å². The predicted molar refractivity (Wildman–Crippen MR) is 66.8 cm³/mol. The standard InChI is InChI=1S/C9H8FN5O5S/c1-20-9-11-8(12-13-9)14-21(18,19)7-3-2-5(10)4-6(7)15(16)17/h2-4H,1H3,(H2,11,12,13,14). The van der Waals surface area contributed by atoms with Crippen molar-refractivity contribution in [3.8, 4) is 6.01 Å². The van der Waals surface area contributed by atoms with Crippen molar-refractivity contribution >= 4 is 21.7 Å². The van der Waals surface area contributed by atoms with Crippen LogP contribution in [-0.2, 0) is 10.0 Å². The average Bonchev–Trinajstić information content (AvgIpc) is 2.85. The molecule has 2 aromatic rings. The number of hydrogen-bond acceptors (Lipinski definition) is 7. The zero-order chi connectivity index (χ0) is 15.6. The summed E-state index contributed by atoms with van der Waals surface area (Å²) in [5.74, 6) is -1.23. The lowest BCUT2D eigenvalue weighted by Gasteiger charge is -2.05. The number of aromatic nitrogens is 3. The van der Waals surface area contributed by atoms with Gasteiger partial charge in [-0.05, 0) is 12.1 Å². The molecule has 0 unspecified atom stereocenters. The van der Waals surface area contributed by atoms with Crippen LogP contribution in [0.4, 0.5) is 16.0 Å².